The number of nitrogens with zero attached hydrogens (tertiary/aromatic N) is 2. The molecule has 9 heteroatoms. The van der Waals surface area contributed by atoms with Gasteiger partial charge in [-0.25, -0.2) is 9.18 Å². The number of hydrogen-bond acceptors (Lipinski definition) is 6. The van der Waals surface area contributed by atoms with Gasteiger partial charge < -0.3 is 24.6 Å². The Bertz CT molecular complexity index is 1080. The molecule has 0 radical (unpaired) electrons. The molecule has 8 nitrogen and oxygen atoms in total. The van der Waals surface area contributed by atoms with Gasteiger partial charge in [-0.3, -0.25) is 4.79 Å². The second kappa shape index (κ2) is 8.64. The second-order valence-electron chi connectivity index (χ2n) is 6.64. The highest BCUT2D eigenvalue weighted by Gasteiger charge is 2.24. The molecule has 0 aliphatic carbocycles. The van der Waals surface area contributed by atoms with Gasteiger partial charge >= 0.3 is 5.97 Å². The average molecular weight is 413 g/mol. The molecule has 0 aliphatic heterocycles. The van der Waals surface area contributed by atoms with Crippen LogP contribution in [0.15, 0.2) is 47.0 Å². The number of carboxylic acids is 1. The molecule has 3 aromatic rings. The Labute approximate surface area is 171 Å². The predicted octanol–water partition coefficient (Wildman–Crippen LogP) is 3.50. The van der Waals surface area contributed by atoms with Crippen LogP contribution in [-0.4, -0.2) is 48.2 Å². The van der Waals surface area contributed by atoms with Crippen LogP contribution in [0.1, 0.15) is 26.3 Å². The molecule has 2 N–H and O–H groups in total. The lowest BCUT2D eigenvalue weighted by Crippen LogP contribution is -2.21. The third-order valence-electron chi connectivity index (χ3n) is 4.39. The topological polar surface area (TPSA) is 105 Å². The molecular weight excluding hydrogens is 393 g/mol. The number of rotatable bonds is 7. The molecule has 1 amide bonds. The maximum Gasteiger partial charge on any atom is 0.343 e. The van der Waals surface area contributed by atoms with E-state index < -0.39 is 11.8 Å². The van der Waals surface area contributed by atoms with Crippen molar-refractivity contribution in [3.05, 3.63) is 65.0 Å². The van der Waals surface area contributed by atoms with Crippen molar-refractivity contribution in [2.45, 2.75) is 6.54 Å². The van der Waals surface area contributed by atoms with Gasteiger partial charge in [0.1, 0.15) is 0 Å². The summed E-state index contributed by atoms with van der Waals surface area (Å²) in [7, 11) is 4.65. The van der Waals surface area contributed by atoms with E-state index in [9.17, 15) is 19.1 Å². The van der Waals surface area contributed by atoms with Crippen molar-refractivity contribution in [1.82, 2.24) is 10.1 Å². The summed E-state index contributed by atoms with van der Waals surface area (Å²) in [6.07, 6.45) is 0. The van der Waals surface area contributed by atoms with Gasteiger partial charge in [0.2, 0.25) is 0 Å². The van der Waals surface area contributed by atoms with Crippen LogP contribution in [0, 0.1) is 5.82 Å². The molecule has 0 saturated carbocycles. The van der Waals surface area contributed by atoms with Gasteiger partial charge in [0, 0.05) is 31.8 Å². The van der Waals surface area contributed by atoms with E-state index in [1.807, 2.05) is 0 Å². The Kier molecular flexibility index (Phi) is 6.01. The Hall–Kier alpha value is -3.88. The fraction of sp³-hybridized carbons (Fsp3) is 0.190. The molecule has 0 saturated heterocycles. The highest BCUT2D eigenvalue weighted by atomic mass is 19.1. The Morgan fingerprint density at radius 2 is 1.90 bits per heavy atom. The summed E-state index contributed by atoms with van der Waals surface area (Å²) in [6, 6.07) is 10.8. The summed E-state index contributed by atoms with van der Waals surface area (Å²) in [4.78, 5) is 25.2. The average Bonchev–Trinajstić information content (AvgIpc) is 3.16. The van der Waals surface area contributed by atoms with Gasteiger partial charge in [0.15, 0.2) is 28.7 Å². The zero-order valence-electron chi connectivity index (χ0n) is 16.6. The third kappa shape index (κ3) is 4.24. The fourth-order valence-electron chi connectivity index (χ4n) is 2.82. The van der Waals surface area contributed by atoms with Crippen molar-refractivity contribution < 1.29 is 28.3 Å². The molecule has 1 aromatic heterocycles. The van der Waals surface area contributed by atoms with E-state index >= 15 is 0 Å². The summed E-state index contributed by atoms with van der Waals surface area (Å²) in [5.41, 5.74) is 1.50. The molecule has 30 heavy (non-hydrogen) atoms. The molecule has 3 rings (SSSR count). The highest BCUT2D eigenvalue weighted by molar-refractivity contribution is 5.99. The van der Waals surface area contributed by atoms with Crippen LogP contribution in [0.3, 0.4) is 0 Å². The molecule has 0 fully saturated rings. The number of amides is 1. The smallest absolute Gasteiger partial charge is 0.343 e. The molecule has 156 valence electrons. The van der Waals surface area contributed by atoms with E-state index in [0.717, 1.165) is 11.6 Å². The molecule has 1 heterocycles. The van der Waals surface area contributed by atoms with Crippen molar-refractivity contribution in [3.63, 3.8) is 0 Å². The third-order valence-corrected chi connectivity index (χ3v) is 4.39. The first-order valence-electron chi connectivity index (χ1n) is 8.93. The van der Waals surface area contributed by atoms with Crippen LogP contribution in [0.2, 0.25) is 0 Å². The van der Waals surface area contributed by atoms with Gasteiger partial charge in [0.25, 0.3) is 5.91 Å². The lowest BCUT2D eigenvalue weighted by molar-refractivity contribution is 0.0697. The van der Waals surface area contributed by atoms with Gasteiger partial charge in [-0.15, -0.1) is 0 Å². The minimum atomic E-state index is -1.25. The van der Waals surface area contributed by atoms with E-state index in [1.165, 1.54) is 24.1 Å². The normalized spacial score (nSPS) is 10.5. The number of aromatic nitrogens is 1. The number of carbonyl (C=O) groups is 2. The minimum absolute atomic E-state index is 0.0183. The van der Waals surface area contributed by atoms with E-state index in [0.29, 0.717) is 11.1 Å². The zero-order valence-corrected chi connectivity index (χ0v) is 16.6. The Morgan fingerprint density at radius 1 is 1.20 bits per heavy atom. The van der Waals surface area contributed by atoms with Crippen LogP contribution in [-0.2, 0) is 6.54 Å². The van der Waals surface area contributed by atoms with Crippen molar-refractivity contribution in [2.24, 2.45) is 0 Å². The Balaban J connectivity index is 1.82. The first-order chi connectivity index (χ1) is 14.3. The molecule has 0 bridgehead atoms. The van der Waals surface area contributed by atoms with Crippen LogP contribution < -0.4 is 10.1 Å². The predicted molar refractivity (Wildman–Crippen MR) is 107 cm³/mol. The number of anilines is 1. The summed E-state index contributed by atoms with van der Waals surface area (Å²) in [5.74, 6) is -1.96. The number of aromatic carboxylic acids is 1. The highest BCUT2D eigenvalue weighted by Crippen LogP contribution is 2.32. The van der Waals surface area contributed by atoms with Crippen molar-refractivity contribution in [2.75, 3.05) is 26.5 Å². The SMILES string of the molecule is COc1cc(-c2onc(NCc3ccc(C(=O)N(C)C)cc3)c2C(=O)O)ccc1F. The first-order valence-corrected chi connectivity index (χ1v) is 8.93. The van der Waals surface area contributed by atoms with Crippen molar-refractivity contribution >= 4 is 17.7 Å². The zero-order chi connectivity index (χ0) is 21.8. The molecule has 2 aromatic carbocycles. The number of ether oxygens (including phenoxy) is 1. The molecule has 0 aliphatic rings. The molecule has 0 unspecified atom stereocenters. The van der Waals surface area contributed by atoms with Crippen LogP contribution in [0.4, 0.5) is 10.2 Å². The van der Waals surface area contributed by atoms with Crippen LogP contribution in [0.25, 0.3) is 11.3 Å². The largest absolute Gasteiger partial charge is 0.494 e. The molecular formula is C21H20FN3O5. The number of nitrogens with one attached hydrogen (secondary N) is 1. The molecule has 0 spiro atoms. The monoisotopic (exact) mass is 413 g/mol. The lowest BCUT2D eigenvalue weighted by atomic mass is 10.1. The summed E-state index contributed by atoms with van der Waals surface area (Å²) in [6.45, 7) is 0.259. The first kappa shape index (κ1) is 20.8. The molecule has 0 atom stereocenters. The maximum absolute atomic E-state index is 13.7. The van der Waals surface area contributed by atoms with Gasteiger partial charge in [-0.2, -0.15) is 0 Å². The number of carbonyl (C=O) groups excluding carboxylic acids is 1. The lowest BCUT2D eigenvalue weighted by Gasteiger charge is -2.10. The van der Waals surface area contributed by atoms with Gasteiger partial charge in [-0.05, 0) is 35.9 Å². The van der Waals surface area contributed by atoms with Gasteiger partial charge in [-0.1, -0.05) is 17.3 Å². The number of carboxylic acid groups (broad SMARTS) is 1. The number of benzene rings is 2. The Morgan fingerprint density at radius 3 is 2.50 bits per heavy atom. The maximum atomic E-state index is 13.7. The fourth-order valence-corrected chi connectivity index (χ4v) is 2.82. The van der Waals surface area contributed by atoms with E-state index in [1.54, 1.807) is 38.4 Å². The van der Waals surface area contributed by atoms with Crippen molar-refractivity contribution in [3.8, 4) is 17.1 Å². The summed E-state index contributed by atoms with van der Waals surface area (Å²) < 4.78 is 23.8. The van der Waals surface area contributed by atoms with Gasteiger partial charge in [0.05, 0.1) is 7.11 Å². The van der Waals surface area contributed by atoms with E-state index in [-0.39, 0.29) is 35.3 Å². The second-order valence-corrected chi connectivity index (χ2v) is 6.64. The number of hydrogen-bond donors (Lipinski definition) is 2. The summed E-state index contributed by atoms with van der Waals surface area (Å²) in [5, 5.41) is 16.4. The van der Waals surface area contributed by atoms with Crippen LogP contribution >= 0.6 is 0 Å². The van der Waals surface area contributed by atoms with E-state index in [2.05, 4.69) is 10.5 Å². The van der Waals surface area contributed by atoms with Crippen molar-refractivity contribution in [1.29, 1.82) is 0 Å². The minimum Gasteiger partial charge on any atom is -0.494 e. The quantitative estimate of drug-likeness (QED) is 0.611. The number of halogens is 1. The number of methoxy groups -OCH3 is 1. The summed E-state index contributed by atoms with van der Waals surface area (Å²) >= 11 is 0. The van der Waals surface area contributed by atoms with E-state index in [4.69, 9.17) is 9.26 Å². The van der Waals surface area contributed by atoms with Crippen LogP contribution in [0.5, 0.6) is 5.75 Å². The standard InChI is InChI=1S/C21H20FN3O5/c1-25(2)20(26)13-6-4-12(5-7-13)11-23-19-17(21(27)28)18(30-24-19)14-8-9-15(22)16(10-14)29-3/h4-10H,11H2,1-3H3,(H,23,24)(H,27,28).